The van der Waals surface area contributed by atoms with Crippen molar-refractivity contribution in [1.82, 2.24) is 4.90 Å². The van der Waals surface area contributed by atoms with E-state index in [4.69, 9.17) is 5.73 Å². The summed E-state index contributed by atoms with van der Waals surface area (Å²) in [6.07, 6.45) is 0.423. The van der Waals surface area contributed by atoms with Gasteiger partial charge in [-0.1, -0.05) is 91.0 Å². The van der Waals surface area contributed by atoms with E-state index in [1.807, 2.05) is 87.5 Å². The number of primary amides is 1. The number of hydrogen-bond donors (Lipinski definition) is 2. The van der Waals surface area contributed by atoms with Gasteiger partial charge in [0, 0.05) is 25.9 Å². The molecule has 1 saturated heterocycles. The molecule has 6 nitrogen and oxygen atoms in total. The first-order valence-corrected chi connectivity index (χ1v) is 13.9. The lowest BCUT2D eigenvalue weighted by molar-refractivity contribution is -0.904. The maximum Gasteiger partial charge on any atom is 0.345 e. The Bertz CT molecular complexity index is 1190. The number of carbonyl (C=O) groups excluding carboxylic acids is 2. The molecule has 4 rings (SSSR count). The van der Waals surface area contributed by atoms with Gasteiger partial charge in [0.1, 0.15) is 0 Å². The van der Waals surface area contributed by atoms with Gasteiger partial charge >= 0.3 is 5.91 Å². The summed E-state index contributed by atoms with van der Waals surface area (Å²) in [4.78, 5) is 29.4. The molecule has 1 aliphatic heterocycles. The number of likely N-dealkylation sites (tertiary alicyclic amines) is 1. The van der Waals surface area contributed by atoms with Crippen LogP contribution in [0.3, 0.4) is 0 Å². The third-order valence-electron chi connectivity index (χ3n) is 8.27. The second-order valence-corrected chi connectivity index (χ2v) is 11.7. The number of rotatable bonds is 10. The van der Waals surface area contributed by atoms with Crippen LogP contribution in [0.1, 0.15) is 50.3 Å². The molecule has 1 unspecified atom stereocenters. The van der Waals surface area contributed by atoms with Gasteiger partial charge in [0.25, 0.3) is 5.91 Å². The first kappa shape index (κ1) is 28.7. The van der Waals surface area contributed by atoms with Crippen molar-refractivity contribution in [3.05, 3.63) is 108 Å². The van der Waals surface area contributed by atoms with Crippen LogP contribution in [0.2, 0.25) is 0 Å². The van der Waals surface area contributed by atoms with Crippen LogP contribution in [0, 0.1) is 0 Å². The minimum absolute atomic E-state index is 0.126. The number of nitrogens with zero attached hydrogens (tertiary/aromatic N) is 2. The maximum atomic E-state index is 14.6. The fraction of sp³-hybridized carbons (Fsp3) is 0.394. The molecule has 0 aromatic heterocycles. The topological polar surface area (TPSA) is 83.6 Å². The Morgan fingerprint density at radius 1 is 0.872 bits per heavy atom. The zero-order chi connectivity index (χ0) is 28.0. The van der Waals surface area contributed by atoms with Gasteiger partial charge in [0.2, 0.25) is 0 Å². The fourth-order valence-electron chi connectivity index (χ4n) is 6.29. The van der Waals surface area contributed by atoms with E-state index in [0.717, 1.165) is 16.7 Å². The number of quaternary nitrogens is 1. The lowest BCUT2D eigenvalue weighted by Gasteiger charge is -2.48. The van der Waals surface area contributed by atoms with Crippen molar-refractivity contribution in [2.24, 2.45) is 5.73 Å². The van der Waals surface area contributed by atoms with Crippen LogP contribution in [-0.2, 0) is 29.1 Å². The normalized spacial score (nSPS) is 21.0. The highest BCUT2D eigenvalue weighted by molar-refractivity contribution is 5.84. The number of nitrogens with two attached hydrogens (primary N) is 1. The summed E-state index contributed by atoms with van der Waals surface area (Å²) in [5.41, 5.74) is 8.51. The van der Waals surface area contributed by atoms with E-state index in [9.17, 15) is 14.7 Å². The van der Waals surface area contributed by atoms with Crippen molar-refractivity contribution in [3.8, 4) is 0 Å². The molecule has 39 heavy (non-hydrogen) atoms. The van der Waals surface area contributed by atoms with Crippen LogP contribution in [0.25, 0.3) is 0 Å². The lowest BCUT2D eigenvalue weighted by atomic mass is 9.92. The van der Waals surface area contributed by atoms with Crippen molar-refractivity contribution in [2.45, 2.75) is 76.8 Å². The predicted octanol–water partition coefficient (Wildman–Crippen LogP) is 4.45. The summed E-state index contributed by atoms with van der Waals surface area (Å²) < 4.78 is -0.126. The summed E-state index contributed by atoms with van der Waals surface area (Å²) in [6, 6.07) is 29.1. The molecule has 3 aromatic carbocycles. The highest BCUT2D eigenvalue weighted by Crippen LogP contribution is 2.39. The Morgan fingerprint density at radius 2 is 1.33 bits per heavy atom. The van der Waals surface area contributed by atoms with Crippen LogP contribution in [-0.4, -0.2) is 56.6 Å². The molecule has 0 aliphatic carbocycles. The van der Waals surface area contributed by atoms with E-state index in [-0.39, 0.29) is 10.4 Å². The van der Waals surface area contributed by atoms with Gasteiger partial charge < -0.3 is 10.8 Å². The molecule has 206 valence electrons. The van der Waals surface area contributed by atoms with Gasteiger partial charge in [-0.3, -0.25) is 9.69 Å². The molecular formula is C33H42N3O3+. The molecule has 0 saturated carbocycles. The zero-order valence-electron chi connectivity index (χ0n) is 23.4. The number of aliphatic hydroxyl groups excluding tert-OH is 1. The van der Waals surface area contributed by atoms with Crippen molar-refractivity contribution < 1.29 is 19.2 Å². The van der Waals surface area contributed by atoms with E-state index < -0.39 is 29.6 Å². The van der Waals surface area contributed by atoms with Crippen molar-refractivity contribution in [1.29, 1.82) is 0 Å². The number of benzene rings is 3. The second-order valence-electron chi connectivity index (χ2n) is 11.7. The lowest BCUT2D eigenvalue weighted by Crippen LogP contribution is -2.72. The molecule has 2 amide bonds. The maximum absolute atomic E-state index is 14.6. The summed E-state index contributed by atoms with van der Waals surface area (Å²) in [7, 11) is 0. The fourth-order valence-corrected chi connectivity index (χ4v) is 6.29. The monoisotopic (exact) mass is 528 g/mol. The van der Waals surface area contributed by atoms with E-state index in [1.54, 1.807) is 0 Å². The van der Waals surface area contributed by atoms with Gasteiger partial charge in [0.15, 0.2) is 12.1 Å². The van der Waals surface area contributed by atoms with Crippen molar-refractivity contribution >= 4 is 11.8 Å². The molecule has 3 N–H and O–H groups in total. The average molecular weight is 529 g/mol. The SMILES string of the molecule is CC(C)(C)[N+]1(C(=O)[C@@H](O)[C@H](Cc2ccccc2)N(Cc2ccccc2)Cc2ccccc2)CCC[C@H]1C(N)=O. The molecule has 3 aromatic rings. The standard InChI is InChI=1S/C33H41N3O3/c1-33(2,3)36(21-13-20-29(36)31(34)38)32(39)30(37)28(22-25-14-7-4-8-15-25)35(23-26-16-9-5-10-17-26)24-27-18-11-6-12-19-27/h4-12,14-19,28-30,37H,13,20-24H2,1-3H3,(H-,34,38)/p+1/t28-,29-,30-,36?/m0/s1. The number of hydrogen-bond acceptors (Lipinski definition) is 4. The summed E-state index contributed by atoms with van der Waals surface area (Å²) in [6.45, 7) is 7.52. The minimum Gasteiger partial charge on any atom is -0.378 e. The van der Waals surface area contributed by atoms with Crippen molar-refractivity contribution in [3.63, 3.8) is 0 Å². The summed E-state index contributed by atoms with van der Waals surface area (Å²) in [5, 5.41) is 12.1. The number of carbonyl (C=O) groups is 2. The van der Waals surface area contributed by atoms with Crippen LogP contribution < -0.4 is 5.73 Å². The Kier molecular flexibility index (Phi) is 9.01. The van der Waals surface area contributed by atoms with E-state index >= 15 is 0 Å². The molecule has 0 radical (unpaired) electrons. The van der Waals surface area contributed by atoms with Crippen LogP contribution in [0.5, 0.6) is 0 Å². The zero-order valence-corrected chi connectivity index (χ0v) is 23.4. The Labute approximate surface area is 232 Å². The van der Waals surface area contributed by atoms with Gasteiger partial charge in [-0.15, -0.1) is 0 Å². The second kappa shape index (κ2) is 12.2. The molecule has 4 atom stereocenters. The van der Waals surface area contributed by atoms with Crippen LogP contribution >= 0.6 is 0 Å². The largest absolute Gasteiger partial charge is 0.378 e. The van der Waals surface area contributed by atoms with Crippen LogP contribution in [0.15, 0.2) is 91.0 Å². The van der Waals surface area contributed by atoms with Gasteiger partial charge in [-0.2, -0.15) is 0 Å². The molecule has 6 heteroatoms. The Morgan fingerprint density at radius 3 is 1.77 bits per heavy atom. The van der Waals surface area contributed by atoms with Crippen LogP contribution in [0.4, 0.5) is 0 Å². The summed E-state index contributed by atoms with van der Waals surface area (Å²) >= 11 is 0. The number of aliphatic hydroxyl groups is 1. The average Bonchev–Trinajstić information content (AvgIpc) is 3.40. The van der Waals surface area contributed by atoms with Gasteiger partial charge in [-0.25, -0.2) is 9.28 Å². The van der Waals surface area contributed by atoms with E-state index in [1.165, 1.54) is 0 Å². The van der Waals surface area contributed by atoms with Crippen molar-refractivity contribution in [2.75, 3.05) is 6.54 Å². The Balaban J connectivity index is 1.78. The molecule has 1 heterocycles. The molecule has 0 spiro atoms. The molecule has 1 fully saturated rings. The third kappa shape index (κ3) is 6.30. The van der Waals surface area contributed by atoms with Gasteiger partial charge in [0.05, 0.1) is 18.1 Å². The number of amides is 2. The van der Waals surface area contributed by atoms with E-state index in [2.05, 4.69) is 29.2 Å². The highest BCUT2D eigenvalue weighted by atomic mass is 16.3. The smallest absolute Gasteiger partial charge is 0.345 e. The van der Waals surface area contributed by atoms with Gasteiger partial charge in [-0.05, 0) is 43.9 Å². The molecule has 1 aliphatic rings. The summed E-state index contributed by atoms with van der Waals surface area (Å²) in [5.74, 6) is -0.802. The highest BCUT2D eigenvalue weighted by Gasteiger charge is 2.60. The minimum atomic E-state index is -1.32. The quantitative estimate of drug-likeness (QED) is 0.381. The van der Waals surface area contributed by atoms with E-state index in [0.29, 0.717) is 38.9 Å². The first-order chi connectivity index (χ1) is 18.6. The predicted molar refractivity (Wildman–Crippen MR) is 154 cm³/mol. The third-order valence-corrected chi connectivity index (χ3v) is 8.27. The Hall–Kier alpha value is -3.32. The molecular weight excluding hydrogens is 486 g/mol. The molecule has 0 bridgehead atoms. The first-order valence-electron chi connectivity index (χ1n) is 13.9.